The minimum Gasteiger partial charge on any atom is -0.381 e. The largest absolute Gasteiger partial charge is 0.381 e. The molecule has 98 valence electrons. The smallest absolute Gasteiger partial charge is 0.104 e. The highest BCUT2D eigenvalue weighted by molar-refractivity contribution is 5.03. The summed E-state index contributed by atoms with van der Waals surface area (Å²) >= 11 is 0. The molecule has 2 N–H and O–H groups in total. The van der Waals surface area contributed by atoms with Crippen LogP contribution in [0.3, 0.4) is 0 Å². The Morgan fingerprint density at radius 3 is 2.59 bits per heavy atom. The first-order valence-electron chi connectivity index (χ1n) is 6.59. The zero-order chi connectivity index (χ0) is 12.7. The van der Waals surface area contributed by atoms with E-state index < -0.39 is 5.54 Å². The van der Waals surface area contributed by atoms with E-state index in [9.17, 15) is 0 Å². The molecule has 1 saturated heterocycles. The van der Waals surface area contributed by atoms with E-state index in [1.165, 1.54) is 0 Å². The number of nitrogens with two attached hydrogens (primary N) is 1. The van der Waals surface area contributed by atoms with Gasteiger partial charge in [-0.15, -0.1) is 0 Å². The van der Waals surface area contributed by atoms with Gasteiger partial charge in [-0.3, -0.25) is 0 Å². The first-order chi connectivity index (χ1) is 8.13. The summed E-state index contributed by atoms with van der Waals surface area (Å²) in [4.78, 5) is 2.45. The van der Waals surface area contributed by atoms with Gasteiger partial charge in [0.2, 0.25) is 0 Å². The molecule has 0 radical (unpaired) electrons. The van der Waals surface area contributed by atoms with Crippen LogP contribution >= 0.6 is 0 Å². The van der Waals surface area contributed by atoms with Crippen LogP contribution in [0, 0.1) is 11.3 Å². The molecule has 0 aromatic carbocycles. The minimum atomic E-state index is -0.620. The van der Waals surface area contributed by atoms with Gasteiger partial charge in [-0.2, -0.15) is 5.26 Å². The van der Waals surface area contributed by atoms with Crippen LogP contribution in [0.1, 0.15) is 39.0 Å². The summed E-state index contributed by atoms with van der Waals surface area (Å²) in [6.07, 6.45) is 5.22. The SMILES string of the molecule is CCC(N)(C#N)CCCN1CCC(OC)CC1. The second kappa shape index (κ2) is 6.95. The summed E-state index contributed by atoms with van der Waals surface area (Å²) in [6.45, 7) is 5.24. The average Bonchev–Trinajstić information content (AvgIpc) is 2.39. The van der Waals surface area contributed by atoms with Gasteiger partial charge in [0.1, 0.15) is 5.54 Å². The van der Waals surface area contributed by atoms with E-state index in [2.05, 4.69) is 11.0 Å². The molecule has 1 unspecified atom stereocenters. The van der Waals surface area contributed by atoms with Crippen LogP contribution < -0.4 is 5.73 Å². The Kier molecular flexibility index (Phi) is 5.90. The molecule has 1 atom stereocenters. The van der Waals surface area contributed by atoms with Gasteiger partial charge in [-0.25, -0.2) is 0 Å². The lowest BCUT2D eigenvalue weighted by molar-refractivity contribution is 0.0404. The predicted octanol–water partition coefficient (Wildman–Crippen LogP) is 1.51. The Hall–Kier alpha value is -0.630. The molecule has 0 bridgehead atoms. The lowest BCUT2D eigenvalue weighted by atomic mass is 9.93. The number of nitriles is 1. The van der Waals surface area contributed by atoms with Crippen molar-refractivity contribution < 1.29 is 4.74 Å². The van der Waals surface area contributed by atoms with Crippen LogP contribution in [0.5, 0.6) is 0 Å². The molecule has 1 fully saturated rings. The van der Waals surface area contributed by atoms with E-state index >= 15 is 0 Å². The van der Waals surface area contributed by atoms with Gasteiger partial charge in [-0.1, -0.05) is 6.92 Å². The molecule has 0 aromatic heterocycles. The van der Waals surface area contributed by atoms with Crippen molar-refractivity contribution in [2.24, 2.45) is 5.73 Å². The minimum absolute atomic E-state index is 0.439. The molecule has 4 nitrogen and oxygen atoms in total. The van der Waals surface area contributed by atoms with Crippen molar-refractivity contribution in [2.45, 2.75) is 50.7 Å². The van der Waals surface area contributed by atoms with Gasteiger partial charge in [-0.05, 0) is 38.6 Å². The predicted molar refractivity (Wildman–Crippen MR) is 68.5 cm³/mol. The van der Waals surface area contributed by atoms with Crippen molar-refractivity contribution >= 4 is 0 Å². The Labute approximate surface area is 105 Å². The first kappa shape index (κ1) is 14.4. The lowest BCUT2D eigenvalue weighted by Gasteiger charge is -2.31. The molecule has 17 heavy (non-hydrogen) atoms. The maximum atomic E-state index is 8.98. The summed E-state index contributed by atoms with van der Waals surface area (Å²) in [5.41, 5.74) is 5.34. The molecule has 1 aliphatic heterocycles. The highest BCUT2D eigenvalue weighted by Crippen LogP contribution is 2.16. The molecule has 0 aromatic rings. The fourth-order valence-corrected chi connectivity index (χ4v) is 2.30. The van der Waals surface area contributed by atoms with Crippen molar-refractivity contribution in [3.63, 3.8) is 0 Å². The van der Waals surface area contributed by atoms with Gasteiger partial charge < -0.3 is 15.4 Å². The van der Waals surface area contributed by atoms with Crippen molar-refractivity contribution in [2.75, 3.05) is 26.7 Å². The van der Waals surface area contributed by atoms with Crippen LogP contribution in [0.4, 0.5) is 0 Å². The monoisotopic (exact) mass is 239 g/mol. The van der Waals surface area contributed by atoms with Gasteiger partial charge in [0.25, 0.3) is 0 Å². The van der Waals surface area contributed by atoms with Gasteiger partial charge >= 0.3 is 0 Å². The zero-order valence-corrected chi connectivity index (χ0v) is 11.1. The highest BCUT2D eigenvalue weighted by atomic mass is 16.5. The van der Waals surface area contributed by atoms with Crippen LogP contribution in [0.2, 0.25) is 0 Å². The number of piperidine rings is 1. The Morgan fingerprint density at radius 1 is 1.47 bits per heavy atom. The second-order valence-electron chi connectivity index (χ2n) is 5.00. The quantitative estimate of drug-likeness (QED) is 0.763. The normalized spacial score (nSPS) is 22.0. The third kappa shape index (κ3) is 4.63. The molecule has 0 aliphatic carbocycles. The van der Waals surface area contributed by atoms with Crippen LogP contribution in [-0.4, -0.2) is 43.3 Å². The molecular formula is C13H25N3O. The Morgan fingerprint density at radius 2 is 2.12 bits per heavy atom. The zero-order valence-electron chi connectivity index (χ0n) is 11.1. The molecule has 0 spiro atoms. The van der Waals surface area contributed by atoms with Crippen molar-refractivity contribution in [1.29, 1.82) is 5.26 Å². The molecule has 1 rings (SSSR count). The average molecular weight is 239 g/mol. The van der Waals surface area contributed by atoms with Crippen LogP contribution in [0.15, 0.2) is 0 Å². The third-order valence-electron chi connectivity index (χ3n) is 3.82. The molecule has 1 aliphatic rings. The number of ether oxygens (including phenoxy) is 1. The molecule has 1 heterocycles. The highest BCUT2D eigenvalue weighted by Gasteiger charge is 2.23. The summed E-state index contributed by atoms with van der Waals surface area (Å²) in [5, 5.41) is 8.98. The van der Waals surface area contributed by atoms with Gasteiger partial charge in [0.05, 0.1) is 12.2 Å². The van der Waals surface area contributed by atoms with E-state index in [1.54, 1.807) is 7.11 Å². The topological polar surface area (TPSA) is 62.3 Å². The maximum Gasteiger partial charge on any atom is 0.104 e. The number of hydrogen-bond donors (Lipinski definition) is 1. The van der Waals surface area contributed by atoms with E-state index in [0.29, 0.717) is 6.10 Å². The standard InChI is InChI=1S/C13H25N3O/c1-3-13(15,11-14)7-4-8-16-9-5-12(17-2)6-10-16/h12H,3-10,15H2,1-2H3. The summed E-state index contributed by atoms with van der Waals surface area (Å²) in [6, 6.07) is 2.22. The molecular weight excluding hydrogens is 214 g/mol. The molecule has 0 saturated carbocycles. The van der Waals surface area contributed by atoms with Crippen molar-refractivity contribution in [1.82, 2.24) is 4.90 Å². The number of hydrogen-bond acceptors (Lipinski definition) is 4. The molecule has 4 heteroatoms. The van der Waals surface area contributed by atoms with Crippen LogP contribution in [0.25, 0.3) is 0 Å². The Bertz CT molecular complexity index is 256. The van der Waals surface area contributed by atoms with Crippen LogP contribution in [-0.2, 0) is 4.74 Å². The first-order valence-corrected chi connectivity index (χ1v) is 6.59. The van der Waals surface area contributed by atoms with Gasteiger partial charge in [0.15, 0.2) is 0 Å². The van der Waals surface area contributed by atoms with Gasteiger partial charge in [0, 0.05) is 20.2 Å². The maximum absolute atomic E-state index is 8.98. The number of methoxy groups -OCH3 is 1. The van der Waals surface area contributed by atoms with Crippen molar-refractivity contribution in [3.8, 4) is 6.07 Å². The fraction of sp³-hybridized carbons (Fsp3) is 0.923. The lowest BCUT2D eigenvalue weighted by Crippen LogP contribution is -2.40. The number of likely N-dealkylation sites (tertiary alicyclic amines) is 1. The summed E-state index contributed by atoms with van der Waals surface area (Å²) in [7, 11) is 1.79. The van der Waals surface area contributed by atoms with Crippen molar-refractivity contribution in [3.05, 3.63) is 0 Å². The third-order valence-corrected chi connectivity index (χ3v) is 3.82. The number of nitrogens with zero attached hydrogens (tertiary/aromatic N) is 2. The molecule has 0 amide bonds. The number of rotatable bonds is 6. The van der Waals surface area contributed by atoms with E-state index in [1.807, 2.05) is 6.92 Å². The van der Waals surface area contributed by atoms with E-state index in [0.717, 1.165) is 51.7 Å². The summed E-state index contributed by atoms with van der Waals surface area (Å²) in [5.74, 6) is 0. The van der Waals surface area contributed by atoms with E-state index in [4.69, 9.17) is 15.7 Å². The second-order valence-corrected chi connectivity index (χ2v) is 5.00. The van der Waals surface area contributed by atoms with E-state index in [-0.39, 0.29) is 0 Å². The Balaban J connectivity index is 2.18. The summed E-state index contributed by atoms with van der Waals surface area (Å²) < 4.78 is 5.34. The fourth-order valence-electron chi connectivity index (χ4n) is 2.30.